The van der Waals surface area contributed by atoms with E-state index in [2.05, 4.69) is 0 Å². The Hall–Kier alpha value is 2.34. The van der Waals surface area contributed by atoms with Crippen LogP contribution in [0, 0.1) is 0 Å². The molecular weight excluding hydrogens is 399 g/mol. The average molecular weight is 399 g/mol. The molecule has 0 saturated carbocycles. The van der Waals surface area contributed by atoms with Gasteiger partial charge in [0.05, 0.1) is 0 Å². The van der Waals surface area contributed by atoms with Gasteiger partial charge >= 0.3 is 122 Å². The van der Waals surface area contributed by atoms with E-state index in [0.717, 1.165) is 0 Å². The van der Waals surface area contributed by atoms with Crippen molar-refractivity contribution in [3.05, 3.63) is 0 Å². The van der Waals surface area contributed by atoms with Crippen LogP contribution in [-0.4, -0.2) is 0 Å². The topological polar surface area (TPSA) is 190 Å². The van der Waals surface area contributed by atoms with Gasteiger partial charge in [-0.2, -0.15) is 0 Å². The first kappa shape index (κ1) is 29.9. The first-order valence-electron chi connectivity index (χ1n) is 1.84. The molecule has 0 saturated heterocycles. The summed E-state index contributed by atoms with van der Waals surface area (Å²) in [6.45, 7) is 0. The zero-order valence-electron chi connectivity index (χ0n) is 5.88. The van der Waals surface area contributed by atoms with E-state index in [-0.39, 0.29) is 34.1 Å². The molecule has 82 valence electrons. The van der Waals surface area contributed by atoms with Crippen molar-refractivity contribution in [3.8, 4) is 0 Å². The van der Waals surface area contributed by atoms with Crippen LogP contribution in [0.2, 0.25) is 0 Å². The fraction of sp³-hybridized carbons (Fsp3) is 0. The van der Waals surface area contributed by atoms with Gasteiger partial charge in [0, 0.05) is 0 Å². The summed E-state index contributed by atoms with van der Waals surface area (Å²) < 4.78 is 77.2. The Morgan fingerprint density at radius 3 is 0.500 bits per heavy atom. The van der Waals surface area contributed by atoms with E-state index in [1.54, 1.807) is 0 Å². The Kier molecular flexibility index (Phi) is 52.4. The van der Waals surface area contributed by atoms with Crippen LogP contribution in [0.25, 0.3) is 0 Å². The number of hydrogen-bond acceptors (Lipinski definition) is 9. The number of rotatable bonds is 0. The van der Waals surface area contributed by atoms with E-state index in [4.69, 9.17) is 32.1 Å². The zero-order chi connectivity index (χ0) is 10.7. The summed E-state index contributed by atoms with van der Waals surface area (Å²) in [6.07, 6.45) is 0. The van der Waals surface area contributed by atoms with Crippen molar-refractivity contribution in [3.63, 3.8) is 0 Å². The first-order valence-corrected chi connectivity index (χ1v) is 7.57. The Morgan fingerprint density at radius 1 is 0.500 bits per heavy atom. The SMILES string of the molecule is [Fe+3].[Fe+3].[O]=[Ti]([O-])[O-].[O]=[Ti]([O-])[O-].[O]=[Ti]([O-])[O-]. The van der Waals surface area contributed by atoms with Gasteiger partial charge in [-0.3, -0.25) is 0 Å². The van der Waals surface area contributed by atoms with Gasteiger partial charge in [0.2, 0.25) is 0 Å². The van der Waals surface area contributed by atoms with Gasteiger partial charge in [-0.05, 0) is 0 Å². The van der Waals surface area contributed by atoms with Gasteiger partial charge in [-0.1, -0.05) is 0 Å². The fourth-order valence-electron chi connectivity index (χ4n) is 0. The summed E-state index contributed by atoms with van der Waals surface area (Å²) in [5.41, 5.74) is 0. The fourth-order valence-corrected chi connectivity index (χ4v) is 0. The standard InChI is InChI=1S/2Fe.9O.3Ti/q2*+3;;;;6*-1;;;. The third kappa shape index (κ3) is 466. The van der Waals surface area contributed by atoms with Crippen molar-refractivity contribution < 1.29 is 122 Å². The molecule has 0 spiro atoms. The molecule has 0 fully saturated rings. The van der Waals surface area contributed by atoms with Crippen LogP contribution in [-0.2, 0) is 100.0 Å². The Labute approximate surface area is 120 Å². The monoisotopic (exact) mass is 400 g/mol. The third-order valence-electron chi connectivity index (χ3n) is 0. The average Bonchev–Trinajstić information content (AvgIpc) is 1.54. The summed E-state index contributed by atoms with van der Waals surface area (Å²) in [5, 5.41) is 0. The van der Waals surface area contributed by atoms with Gasteiger partial charge in [-0.15, -0.1) is 0 Å². The first-order chi connectivity index (χ1) is 5.20. The molecular formula is Fe2O9Ti3. The molecule has 0 aromatic carbocycles. The molecule has 0 heterocycles. The normalized spacial score (nSPS) is 5.57. The van der Waals surface area contributed by atoms with Gasteiger partial charge in [0.25, 0.3) is 0 Å². The molecule has 14 heteroatoms. The van der Waals surface area contributed by atoms with E-state index in [1.807, 2.05) is 0 Å². The molecule has 0 bridgehead atoms. The van der Waals surface area contributed by atoms with E-state index < -0.39 is 55.8 Å². The second kappa shape index (κ2) is 24.5. The summed E-state index contributed by atoms with van der Waals surface area (Å²) in [5.74, 6) is 0. The van der Waals surface area contributed by atoms with Crippen molar-refractivity contribution in [2.24, 2.45) is 0 Å². The second-order valence-electron chi connectivity index (χ2n) is 0.750. The van der Waals surface area contributed by atoms with Crippen LogP contribution >= 0.6 is 0 Å². The van der Waals surface area contributed by atoms with E-state index in [9.17, 15) is 0 Å². The number of hydrogen-bond donors (Lipinski definition) is 0. The van der Waals surface area contributed by atoms with Gasteiger partial charge in [-0.25, -0.2) is 0 Å². The molecule has 0 aromatic rings. The van der Waals surface area contributed by atoms with E-state index in [1.165, 1.54) is 0 Å². The Morgan fingerprint density at radius 2 is 0.500 bits per heavy atom. The van der Waals surface area contributed by atoms with E-state index >= 15 is 0 Å². The van der Waals surface area contributed by atoms with Crippen LogP contribution in [0.1, 0.15) is 0 Å². The van der Waals surface area contributed by atoms with Crippen molar-refractivity contribution >= 4 is 0 Å². The molecule has 9 nitrogen and oxygen atoms in total. The van der Waals surface area contributed by atoms with Gasteiger partial charge in [0.1, 0.15) is 0 Å². The molecule has 14 heavy (non-hydrogen) atoms. The molecule has 0 aliphatic heterocycles. The van der Waals surface area contributed by atoms with Gasteiger partial charge < -0.3 is 0 Å². The molecule has 0 aromatic heterocycles. The predicted octanol–water partition coefficient (Wildman–Crippen LogP) is -7.50. The summed E-state index contributed by atoms with van der Waals surface area (Å²) >= 11 is -12.2. The molecule has 0 atom stereocenters. The maximum absolute atomic E-state index is 8.58. The second-order valence-corrected chi connectivity index (χ2v) is 3.09. The molecule has 0 amide bonds. The Bertz CT molecular complexity index is 116. The molecule has 2 radical (unpaired) electrons. The summed E-state index contributed by atoms with van der Waals surface area (Å²) in [7, 11) is 0. The quantitative estimate of drug-likeness (QED) is 0.356. The van der Waals surface area contributed by atoms with Crippen LogP contribution < -0.4 is 22.1 Å². The molecule has 0 rings (SSSR count). The van der Waals surface area contributed by atoms with Crippen molar-refractivity contribution in [1.82, 2.24) is 0 Å². The summed E-state index contributed by atoms with van der Waals surface area (Å²) in [6, 6.07) is 0. The van der Waals surface area contributed by atoms with Crippen molar-refractivity contribution in [1.29, 1.82) is 0 Å². The van der Waals surface area contributed by atoms with Crippen LogP contribution in [0.3, 0.4) is 0 Å². The molecule has 0 aliphatic rings. The molecule has 0 N–H and O–H groups in total. The molecule has 0 aliphatic carbocycles. The Balaban J connectivity index is -0.0000000270. The summed E-state index contributed by atoms with van der Waals surface area (Å²) in [4.78, 5) is 0. The van der Waals surface area contributed by atoms with Crippen molar-refractivity contribution in [2.75, 3.05) is 0 Å². The molecule has 0 unspecified atom stereocenters. The van der Waals surface area contributed by atoms with Crippen molar-refractivity contribution in [2.45, 2.75) is 0 Å². The third-order valence-corrected chi connectivity index (χ3v) is 0. The predicted molar refractivity (Wildman–Crippen MR) is 2.06 cm³/mol. The maximum atomic E-state index is 8.58. The minimum absolute atomic E-state index is 0. The van der Waals surface area contributed by atoms with Gasteiger partial charge in [0.15, 0.2) is 0 Å². The zero-order valence-corrected chi connectivity index (χ0v) is 12.8. The van der Waals surface area contributed by atoms with Crippen LogP contribution in [0.5, 0.6) is 0 Å². The van der Waals surface area contributed by atoms with Crippen LogP contribution in [0.15, 0.2) is 0 Å². The van der Waals surface area contributed by atoms with E-state index in [0.29, 0.717) is 0 Å². The van der Waals surface area contributed by atoms with Crippen LogP contribution in [0.4, 0.5) is 0 Å². The minimum atomic E-state index is -4.08.